The fourth-order valence-electron chi connectivity index (χ4n) is 2.41. The fraction of sp³-hybridized carbons (Fsp3) is 0.923. The lowest BCUT2D eigenvalue weighted by molar-refractivity contribution is -0.123. The number of nitrogens with two attached hydrogens (primary N) is 1. The van der Waals surface area contributed by atoms with Crippen molar-refractivity contribution in [1.82, 2.24) is 10.2 Å². The lowest BCUT2D eigenvalue weighted by Gasteiger charge is -2.37. The van der Waals surface area contributed by atoms with Crippen LogP contribution in [0.5, 0.6) is 0 Å². The van der Waals surface area contributed by atoms with Crippen LogP contribution in [0.3, 0.4) is 0 Å². The Balaban J connectivity index is 2.28. The van der Waals surface area contributed by atoms with Gasteiger partial charge < -0.3 is 20.5 Å². The van der Waals surface area contributed by atoms with E-state index in [2.05, 4.69) is 10.2 Å². The number of nitrogens with one attached hydrogen (secondary N) is 1. The summed E-state index contributed by atoms with van der Waals surface area (Å²) in [5.41, 5.74) is 5.78. The molecule has 1 rings (SSSR count). The van der Waals surface area contributed by atoms with Gasteiger partial charge in [-0.15, -0.1) is 0 Å². The Labute approximate surface area is 115 Å². The zero-order chi connectivity index (χ0) is 14.1. The summed E-state index contributed by atoms with van der Waals surface area (Å²) in [7, 11) is 3.39. The number of carbonyl (C=O) groups is 1. The number of hydrogen-bond donors (Lipinski definition) is 2. The van der Waals surface area contributed by atoms with Crippen molar-refractivity contribution in [3.05, 3.63) is 0 Å². The van der Waals surface area contributed by atoms with E-state index in [9.17, 15) is 4.79 Å². The highest BCUT2D eigenvalue weighted by Gasteiger charge is 2.28. The summed E-state index contributed by atoms with van der Waals surface area (Å²) in [4.78, 5) is 14.0. The number of piperidine rings is 1. The van der Waals surface area contributed by atoms with Gasteiger partial charge in [0.05, 0.1) is 12.6 Å². The maximum absolute atomic E-state index is 11.8. The number of hydrogen-bond acceptors (Lipinski definition) is 5. The van der Waals surface area contributed by atoms with Crippen molar-refractivity contribution in [1.29, 1.82) is 0 Å². The second kappa shape index (κ2) is 9.25. The van der Waals surface area contributed by atoms with E-state index in [1.165, 1.54) is 0 Å². The molecule has 112 valence electrons. The number of nitrogens with zero attached hydrogens (tertiary/aromatic N) is 1. The van der Waals surface area contributed by atoms with Gasteiger partial charge in [-0.05, 0) is 19.3 Å². The van der Waals surface area contributed by atoms with E-state index < -0.39 is 0 Å². The van der Waals surface area contributed by atoms with Gasteiger partial charge in [0.15, 0.2) is 0 Å². The molecule has 1 heterocycles. The van der Waals surface area contributed by atoms with Gasteiger partial charge >= 0.3 is 0 Å². The molecule has 1 aliphatic rings. The molecule has 19 heavy (non-hydrogen) atoms. The summed E-state index contributed by atoms with van der Waals surface area (Å²) in [6.07, 6.45) is 2.98. The lowest BCUT2D eigenvalue weighted by atomic mass is 9.99. The highest BCUT2D eigenvalue weighted by atomic mass is 16.5. The quantitative estimate of drug-likeness (QED) is 0.587. The van der Waals surface area contributed by atoms with Gasteiger partial charge in [0.2, 0.25) is 5.91 Å². The molecule has 0 spiro atoms. The largest absolute Gasteiger partial charge is 0.385 e. The van der Waals surface area contributed by atoms with Crippen LogP contribution in [-0.4, -0.2) is 70.0 Å². The summed E-state index contributed by atoms with van der Waals surface area (Å²) >= 11 is 0. The van der Waals surface area contributed by atoms with Gasteiger partial charge in [-0.2, -0.15) is 0 Å². The van der Waals surface area contributed by atoms with Gasteiger partial charge in [0.25, 0.3) is 0 Å². The highest BCUT2D eigenvalue weighted by Crippen LogP contribution is 2.18. The summed E-state index contributed by atoms with van der Waals surface area (Å²) < 4.78 is 10.3. The predicted molar refractivity (Wildman–Crippen MR) is 73.9 cm³/mol. The molecule has 0 bridgehead atoms. The molecule has 1 aliphatic heterocycles. The number of rotatable bonds is 8. The summed E-state index contributed by atoms with van der Waals surface area (Å²) in [6, 6.07) is 0.239. The minimum Gasteiger partial charge on any atom is -0.385 e. The minimum atomic E-state index is 0.0606. The lowest BCUT2D eigenvalue weighted by Crippen LogP contribution is -2.51. The van der Waals surface area contributed by atoms with E-state index in [0.717, 1.165) is 25.8 Å². The zero-order valence-corrected chi connectivity index (χ0v) is 12.1. The molecule has 0 aromatic heterocycles. The average Bonchev–Trinajstić information content (AvgIpc) is 2.44. The van der Waals surface area contributed by atoms with Crippen molar-refractivity contribution in [3.63, 3.8) is 0 Å². The Kier molecular flexibility index (Phi) is 7.97. The fourth-order valence-corrected chi connectivity index (χ4v) is 2.41. The Hall–Kier alpha value is -0.690. The smallest absolute Gasteiger partial charge is 0.234 e. The van der Waals surface area contributed by atoms with Crippen molar-refractivity contribution in [2.24, 2.45) is 5.73 Å². The van der Waals surface area contributed by atoms with Gasteiger partial charge in [-0.3, -0.25) is 9.69 Å². The van der Waals surface area contributed by atoms with E-state index in [1.54, 1.807) is 14.2 Å². The van der Waals surface area contributed by atoms with Gasteiger partial charge in [0.1, 0.15) is 0 Å². The normalized spacial score (nSPS) is 24.4. The molecule has 0 saturated carbocycles. The Bertz CT molecular complexity index is 264. The molecule has 1 fully saturated rings. The molecular weight excluding hydrogens is 246 g/mol. The number of ether oxygens (including phenoxy) is 2. The van der Waals surface area contributed by atoms with Crippen LogP contribution >= 0.6 is 0 Å². The molecule has 2 unspecified atom stereocenters. The first-order valence-electron chi connectivity index (χ1n) is 6.93. The molecule has 6 nitrogen and oxygen atoms in total. The molecule has 6 heteroatoms. The van der Waals surface area contributed by atoms with Gasteiger partial charge in [0, 0.05) is 46.5 Å². The molecule has 3 N–H and O–H groups in total. The van der Waals surface area contributed by atoms with Crippen molar-refractivity contribution < 1.29 is 14.3 Å². The Morgan fingerprint density at radius 2 is 2.26 bits per heavy atom. The second-order valence-corrected chi connectivity index (χ2v) is 4.94. The van der Waals surface area contributed by atoms with E-state index in [-0.39, 0.29) is 18.1 Å². The average molecular weight is 273 g/mol. The summed E-state index contributed by atoms with van der Waals surface area (Å²) in [5.74, 6) is 0.0606. The summed E-state index contributed by atoms with van der Waals surface area (Å²) in [5, 5.41) is 2.90. The maximum Gasteiger partial charge on any atom is 0.234 e. The van der Waals surface area contributed by atoms with Crippen molar-refractivity contribution >= 4 is 5.91 Å². The van der Waals surface area contributed by atoms with Crippen LogP contribution in [-0.2, 0) is 14.3 Å². The number of carbonyl (C=O) groups excluding carboxylic acids is 1. The van der Waals surface area contributed by atoms with Crippen molar-refractivity contribution in [2.45, 2.75) is 31.4 Å². The molecule has 0 aromatic carbocycles. The van der Waals surface area contributed by atoms with Crippen LogP contribution < -0.4 is 11.1 Å². The number of amides is 1. The van der Waals surface area contributed by atoms with Crippen molar-refractivity contribution in [3.8, 4) is 0 Å². The van der Waals surface area contributed by atoms with Crippen LogP contribution in [0.25, 0.3) is 0 Å². The highest BCUT2D eigenvalue weighted by molar-refractivity contribution is 5.78. The Morgan fingerprint density at radius 1 is 1.47 bits per heavy atom. The molecule has 2 atom stereocenters. The van der Waals surface area contributed by atoms with E-state index in [1.807, 2.05) is 0 Å². The van der Waals surface area contributed by atoms with Crippen LogP contribution in [0.4, 0.5) is 0 Å². The van der Waals surface area contributed by atoms with Gasteiger partial charge in [-0.25, -0.2) is 0 Å². The SMILES string of the molecule is COCCCNC(=O)CN1CCC(OC)CC1CN. The van der Waals surface area contributed by atoms with Crippen LogP contribution in [0.2, 0.25) is 0 Å². The first-order valence-corrected chi connectivity index (χ1v) is 6.93. The third kappa shape index (κ3) is 5.86. The second-order valence-electron chi connectivity index (χ2n) is 4.94. The first-order chi connectivity index (χ1) is 9.21. The molecule has 0 radical (unpaired) electrons. The standard InChI is InChI=1S/C13H27N3O3/c1-18-7-3-5-15-13(17)10-16-6-4-12(19-2)8-11(16)9-14/h11-12H,3-10,14H2,1-2H3,(H,15,17). The first kappa shape index (κ1) is 16.4. The van der Waals surface area contributed by atoms with Crippen LogP contribution in [0.1, 0.15) is 19.3 Å². The predicted octanol–water partition coefficient (Wildman–Crippen LogP) is -0.423. The number of likely N-dealkylation sites (tertiary alicyclic amines) is 1. The van der Waals surface area contributed by atoms with E-state index in [4.69, 9.17) is 15.2 Å². The van der Waals surface area contributed by atoms with Gasteiger partial charge in [-0.1, -0.05) is 0 Å². The third-order valence-corrected chi connectivity index (χ3v) is 3.59. The van der Waals surface area contributed by atoms with Crippen LogP contribution in [0, 0.1) is 0 Å². The molecule has 0 aliphatic carbocycles. The molecule has 1 saturated heterocycles. The van der Waals surface area contributed by atoms with E-state index >= 15 is 0 Å². The zero-order valence-electron chi connectivity index (χ0n) is 12.1. The molecule has 0 aromatic rings. The molecule has 1 amide bonds. The monoisotopic (exact) mass is 273 g/mol. The Morgan fingerprint density at radius 3 is 2.89 bits per heavy atom. The topological polar surface area (TPSA) is 76.8 Å². The number of methoxy groups -OCH3 is 2. The van der Waals surface area contributed by atoms with Crippen molar-refractivity contribution in [2.75, 3.05) is 47.0 Å². The minimum absolute atomic E-state index is 0.0606. The summed E-state index contributed by atoms with van der Waals surface area (Å²) in [6.45, 7) is 3.19. The third-order valence-electron chi connectivity index (χ3n) is 3.59. The van der Waals surface area contributed by atoms with Crippen LogP contribution in [0.15, 0.2) is 0 Å². The van der Waals surface area contributed by atoms with E-state index in [0.29, 0.717) is 26.2 Å². The molecular formula is C13H27N3O3. The maximum atomic E-state index is 11.8.